The van der Waals surface area contributed by atoms with E-state index in [4.69, 9.17) is 9.98 Å². The van der Waals surface area contributed by atoms with E-state index in [1.807, 2.05) is 0 Å². The molecule has 8 nitrogen and oxygen atoms in total. The summed E-state index contributed by atoms with van der Waals surface area (Å²) in [4.78, 5) is 32.7. The lowest BCUT2D eigenvalue weighted by Crippen LogP contribution is -2.41. The fraction of sp³-hybridized carbons (Fsp3) is 0.573. The SMILES string of the molecule is CCC1=C(CC)[C@@H]2N=C1C=c1[nH]/c(c(CC)c1CC)=C\c1[nH]c(c(CC)c1CC)/C=C1\NC(C(CC)C1CC)C2CCC/C1=c2/[nH]/c(c(CC)c2CC)=C\c2[nH]c(c(CC)c2CC)C=c2[nH]c(c(CC)c2CC)=CC2=NC1C(CC)C2CC. The number of nitrogens with one attached hydrogen (secondary N) is 6. The molecule has 5 aliphatic heterocycles. The van der Waals surface area contributed by atoms with Crippen molar-refractivity contribution in [1.82, 2.24) is 30.2 Å². The van der Waals surface area contributed by atoms with Gasteiger partial charge in [0.15, 0.2) is 0 Å². The van der Waals surface area contributed by atoms with Crippen molar-refractivity contribution in [2.45, 2.75) is 251 Å². The Morgan fingerprint density at radius 2 is 0.807 bits per heavy atom. The van der Waals surface area contributed by atoms with Gasteiger partial charge in [-0.2, -0.15) is 0 Å². The van der Waals surface area contributed by atoms with Gasteiger partial charge < -0.3 is 30.2 Å². The smallest absolute Gasteiger partial charge is 0.0770 e. The van der Waals surface area contributed by atoms with E-state index >= 15 is 0 Å². The Kier molecular flexibility index (Phi) is 18.8. The quantitative estimate of drug-likeness (QED) is 0.0458. The second-order valence-electron chi connectivity index (χ2n) is 25.0. The summed E-state index contributed by atoms with van der Waals surface area (Å²) in [5, 5.41) is 12.1. The van der Waals surface area contributed by atoms with Gasteiger partial charge in [0.1, 0.15) is 0 Å². The molecule has 5 aromatic rings. The number of fused-ring (bicyclic) bond motifs is 14. The van der Waals surface area contributed by atoms with Crippen LogP contribution in [0.5, 0.6) is 0 Å². The highest BCUT2D eigenvalue weighted by atomic mass is 15.0. The summed E-state index contributed by atoms with van der Waals surface area (Å²) in [7, 11) is 0. The van der Waals surface area contributed by atoms with Gasteiger partial charge in [-0.25, -0.2) is 0 Å². The van der Waals surface area contributed by atoms with Crippen molar-refractivity contribution >= 4 is 53.5 Å². The van der Waals surface area contributed by atoms with Crippen molar-refractivity contribution in [3.05, 3.63) is 127 Å². The van der Waals surface area contributed by atoms with Crippen molar-refractivity contribution in [1.29, 1.82) is 0 Å². The molecule has 83 heavy (non-hydrogen) atoms. The van der Waals surface area contributed by atoms with Crippen LogP contribution in [0.1, 0.15) is 247 Å². The van der Waals surface area contributed by atoms with Gasteiger partial charge in [0, 0.05) is 90.1 Å². The van der Waals surface area contributed by atoms with Crippen LogP contribution >= 0.6 is 0 Å². The predicted octanol–water partition coefficient (Wildman–Crippen LogP) is 12.8. The van der Waals surface area contributed by atoms with Crippen LogP contribution in [0.4, 0.5) is 0 Å². The minimum absolute atomic E-state index is 0.0833. The van der Waals surface area contributed by atoms with Gasteiger partial charge in [-0.05, 0) is 230 Å². The first-order valence-electron chi connectivity index (χ1n) is 34.1. The second-order valence-corrected chi connectivity index (χ2v) is 25.0. The Morgan fingerprint density at radius 1 is 0.361 bits per heavy atom. The van der Waals surface area contributed by atoms with E-state index in [0.29, 0.717) is 29.6 Å². The average Bonchev–Trinajstić information content (AvgIpc) is 4.16. The first-order valence-corrected chi connectivity index (χ1v) is 34.1. The Labute approximate surface area is 499 Å². The van der Waals surface area contributed by atoms with Crippen LogP contribution in [0, 0.1) is 29.6 Å². The molecule has 16 bridgehead atoms. The maximum atomic E-state index is 6.09. The molecule has 7 unspecified atom stereocenters. The molecule has 8 atom stereocenters. The van der Waals surface area contributed by atoms with Gasteiger partial charge in [-0.1, -0.05) is 124 Å². The number of nitrogens with zero attached hydrogens (tertiary/aromatic N) is 2. The zero-order chi connectivity index (χ0) is 59.0. The van der Waals surface area contributed by atoms with E-state index in [0.717, 1.165) is 122 Å². The van der Waals surface area contributed by atoms with E-state index in [9.17, 15) is 0 Å². The molecule has 0 aliphatic carbocycles. The van der Waals surface area contributed by atoms with Crippen LogP contribution in [0.15, 0.2) is 26.8 Å². The number of hydrogen-bond donors (Lipinski definition) is 6. The monoisotopic (exact) mass is 1120 g/mol. The highest BCUT2D eigenvalue weighted by Crippen LogP contribution is 2.46. The van der Waals surface area contributed by atoms with E-state index in [2.05, 4.69) is 177 Å². The molecule has 5 aromatic heterocycles. The van der Waals surface area contributed by atoms with Crippen LogP contribution in [-0.2, 0) is 64.2 Å². The summed E-state index contributed by atoms with van der Waals surface area (Å²) in [5.74, 6) is 2.01. The number of allylic oxidation sites excluding steroid dienone is 2. The maximum Gasteiger partial charge on any atom is 0.0770 e. The standard InChI is InChI=1S/C75H106N8/c1-17-42-46(21-5)64-38-68-50(25-9)54(29-13)72(80-68)58(73-55(30-14)51(26-10)69(81-73)39-65-47(22-6)43(18-2)61(77-65)36-60(42)76-64)34-33-35-59-74-56(31-15)52(27-11)70(82-74)40-66-48(23-7)44(19-3)62(78-66)37-63-45(20-4)49(24-8)67(79-63)41-71-53(28-12)57(32-16)75(59)83-71/h36-41,50,52,54,56,58,72-74,76-80,83H,17-35H2,1-16H3/b61-36-,62-37?,65-39?,66-40?,68-38-,71-41-,75-59-/t50?,52?,54?,56?,58?,72?,73-,74?/m0/s1. The highest BCUT2D eigenvalue weighted by Gasteiger charge is 2.46. The molecule has 446 valence electrons. The molecule has 0 aromatic carbocycles. The van der Waals surface area contributed by atoms with Gasteiger partial charge in [0.05, 0.1) is 17.8 Å². The Morgan fingerprint density at radius 3 is 1.27 bits per heavy atom. The Balaban J connectivity index is 1.20. The Bertz CT molecular complexity index is 3730. The topological polar surface area (TPSA) is 116 Å². The molecule has 0 radical (unpaired) electrons. The number of aromatic amines is 5. The van der Waals surface area contributed by atoms with Gasteiger partial charge >= 0.3 is 0 Å². The molecule has 6 N–H and O–H groups in total. The van der Waals surface area contributed by atoms with Crippen molar-refractivity contribution in [2.75, 3.05) is 0 Å². The number of aliphatic imine (C=N–C) groups is 2. The molecule has 8 heteroatoms. The van der Waals surface area contributed by atoms with Crippen LogP contribution in [0.25, 0.3) is 42.0 Å². The van der Waals surface area contributed by atoms with E-state index < -0.39 is 0 Å². The third-order valence-electron chi connectivity index (χ3n) is 21.4. The normalized spacial score (nSPS) is 25.0. The second kappa shape index (κ2) is 25.8. The fourth-order valence-corrected chi connectivity index (χ4v) is 17.6. The van der Waals surface area contributed by atoms with Gasteiger partial charge in [0.25, 0.3) is 0 Å². The molecular weight excluding hydrogens is 1010 g/mol. The summed E-state index contributed by atoms with van der Waals surface area (Å²) in [6, 6.07) is 0.466. The molecule has 1 fully saturated rings. The lowest BCUT2D eigenvalue weighted by molar-refractivity contribution is 0.240. The fourth-order valence-electron chi connectivity index (χ4n) is 17.6. The summed E-state index contributed by atoms with van der Waals surface area (Å²) in [5.41, 5.74) is 27.9. The summed E-state index contributed by atoms with van der Waals surface area (Å²) >= 11 is 0. The van der Waals surface area contributed by atoms with E-state index in [1.54, 1.807) is 5.57 Å². The Hall–Kier alpha value is -5.76. The number of hydrogen-bond acceptors (Lipinski definition) is 3. The van der Waals surface area contributed by atoms with Gasteiger partial charge in [-0.15, -0.1) is 0 Å². The van der Waals surface area contributed by atoms with Crippen molar-refractivity contribution in [3.8, 4) is 0 Å². The summed E-state index contributed by atoms with van der Waals surface area (Å²) in [6.45, 7) is 38.0. The number of aromatic nitrogens is 5. The zero-order valence-corrected chi connectivity index (χ0v) is 54.4. The summed E-state index contributed by atoms with van der Waals surface area (Å²) < 4.78 is 0. The lowest BCUT2D eigenvalue weighted by Gasteiger charge is -2.34. The minimum atomic E-state index is 0.0833. The number of H-pyrrole nitrogens is 5. The molecule has 5 aliphatic rings. The average molecular weight is 1120 g/mol. The largest absolute Gasteiger partial charge is 0.385 e. The van der Waals surface area contributed by atoms with Crippen LogP contribution < -0.4 is 37.4 Å². The molecular formula is C75H106N8. The highest BCUT2D eigenvalue weighted by molar-refractivity contribution is 6.22. The third kappa shape index (κ3) is 10.5. The lowest BCUT2D eigenvalue weighted by atomic mass is 9.73. The number of rotatable bonds is 20. The van der Waals surface area contributed by atoms with Crippen LogP contribution in [0.3, 0.4) is 0 Å². The first kappa shape index (κ1) is 60.4. The molecule has 0 amide bonds. The van der Waals surface area contributed by atoms with E-state index in [-0.39, 0.29) is 18.1 Å². The minimum Gasteiger partial charge on any atom is -0.385 e. The van der Waals surface area contributed by atoms with Crippen molar-refractivity contribution < 1.29 is 0 Å². The maximum absolute atomic E-state index is 6.09. The van der Waals surface area contributed by atoms with Crippen molar-refractivity contribution in [2.24, 2.45) is 39.6 Å². The third-order valence-corrected chi connectivity index (χ3v) is 21.4. The van der Waals surface area contributed by atoms with Crippen molar-refractivity contribution in [3.63, 3.8) is 0 Å². The molecule has 1 saturated heterocycles. The molecule has 10 rings (SSSR count). The molecule has 0 spiro atoms. The van der Waals surface area contributed by atoms with E-state index in [1.165, 1.54) is 139 Å². The van der Waals surface area contributed by atoms with Gasteiger partial charge in [0.2, 0.25) is 0 Å². The predicted molar refractivity (Wildman–Crippen MR) is 356 cm³/mol. The molecule has 0 saturated carbocycles. The first-order chi connectivity index (χ1) is 40.4. The zero-order valence-electron chi connectivity index (χ0n) is 54.4. The van der Waals surface area contributed by atoms with Gasteiger partial charge in [-0.3, -0.25) is 9.98 Å². The van der Waals surface area contributed by atoms with Crippen LogP contribution in [-0.4, -0.2) is 54.5 Å². The van der Waals surface area contributed by atoms with Crippen LogP contribution in [0.2, 0.25) is 0 Å². The molecule has 10 heterocycles. The summed E-state index contributed by atoms with van der Waals surface area (Å²) in [6.07, 6.45) is 34.3.